The van der Waals surface area contributed by atoms with Gasteiger partial charge >= 0.3 is 12.4 Å². The molecule has 2 aromatic rings. The first-order valence-corrected chi connectivity index (χ1v) is 5.44. The average molecular weight is 311 g/mol. The summed E-state index contributed by atoms with van der Waals surface area (Å²) in [6.45, 7) is 0. The molecule has 0 fully saturated rings. The molecule has 0 unspecified atom stereocenters. The molecule has 1 aromatic heterocycles. The Bertz CT molecular complexity index is 698. The van der Waals surface area contributed by atoms with Crippen molar-refractivity contribution in [2.45, 2.75) is 12.4 Å². The van der Waals surface area contributed by atoms with E-state index >= 15 is 0 Å². The van der Waals surface area contributed by atoms with Crippen LogP contribution in [0, 0.1) is 0 Å². The van der Waals surface area contributed by atoms with E-state index in [1.54, 1.807) is 0 Å². The third-order valence-electron chi connectivity index (χ3n) is 2.77. The number of ketones is 1. The molecular formula is C12H7F6NO2. The number of carbonyl (C=O) groups is 1. The van der Waals surface area contributed by atoms with Crippen molar-refractivity contribution in [3.8, 4) is 5.75 Å². The number of hydrogen-bond acceptors (Lipinski definition) is 2. The first kappa shape index (κ1) is 15.2. The fourth-order valence-corrected chi connectivity index (χ4v) is 1.89. The monoisotopic (exact) mass is 311 g/mol. The van der Waals surface area contributed by atoms with Crippen LogP contribution in [0.15, 0.2) is 18.2 Å². The van der Waals surface area contributed by atoms with E-state index in [-0.39, 0.29) is 11.3 Å². The van der Waals surface area contributed by atoms with Crippen molar-refractivity contribution in [3.63, 3.8) is 0 Å². The third kappa shape index (κ3) is 2.67. The van der Waals surface area contributed by atoms with Crippen LogP contribution >= 0.6 is 0 Å². The molecule has 9 heteroatoms. The van der Waals surface area contributed by atoms with Gasteiger partial charge in [0.2, 0.25) is 0 Å². The number of methoxy groups -OCH3 is 1. The highest BCUT2D eigenvalue weighted by atomic mass is 19.4. The van der Waals surface area contributed by atoms with Crippen molar-refractivity contribution in [1.29, 1.82) is 0 Å². The van der Waals surface area contributed by atoms with E-state index in [0.717, 1.165) is 12.1 Å². The van der Waals surface area contributed by atoms with E-state index in [1.807, 2.05) is 4.98 Å². The molecule has 0 aliphatic heterocycles. The fraction of sp³-hybridized carbons (Fsp3) is 0.250. The lowest BCUT2D eigenvalue weighted by Gasteiger charge is -2.09. The average Bonchev–Trinajstić information content (AvgIpc) is 2.74. The van der Waals surface area contributed by atoms with E-state index in [0.29, 0.717) is 0 Å². The largest absolute Gasteiger partial charge is 0.497 e. The molecule has 1 aromatic carbocycles. The molecule has 0 amide bonds. The van der Waals surface area contributed by atoms with E-state index < -0.39 is 34.8 Å². The molecule has 2 rings (SSSR count). The number of H-pyrrole nitrogens is 1. The quantitative estimate of drug-likeness (QED) is 0.674. The van der Waals surface area contributed by atoms with Crippen LogP contribution in [0.5, 0.6) is 5.75 Å². The van der Waals surface area contributed by atoms with Crippen LogP contribution < -0.4 is 4.74 Å². The van der Waals surface area contributed by atoms with Gasteiger partial charge in [0.15, 0.2) is 0 Å². The second-order valence-electron chi connectivity index (χ2n) is 4.11. The molecule has 1 heterocycles. The van der Waals surface area contributed by atoms with Crippen LogP contribution in [0.25, 0.3) is 10.9 Å². The molecule has 0 aliphatic carbocycles. The standard InChI is InChI=1S/C12H7F6NO2/c1-21-5-2-3-7-6(4-5)8(10(20)12(16,17)18)9(19-7)11(13,14)15/h2-4,19H,1H3. The predicted octanol–water partition coefficient (Wildman–Crippen LogP) is 3.94. The summed E-state index contributed by atoms with van der Waals surface area (Å²) in [6.07, 6.45) is -10.5. The Kier molecular flexibility index (Phi) is 3.38. The Hall–Kier alpha value is -2.19. The van der Waals surface area contributed by atoms with Gasteiger partial charge in [0.1, 0.15) is 11.4 Å². The summed E-state index contributed by atoms with van der Waals surface area (Å²) < 4.78 is 80.8. The van der Waals surface area contributed by atoms with E-state index in [4.69, 9.17) is 4.74 Å². The van der Waals surface area contributed by atoms with Crippen molar-refractivity contribution in [3.05, 3.63) is 29.5 Å². The maximum absolute atomic E-state index is 12.8. The summed E-state index contributed by atoms with van der Waals surface area (Å²) in [5, 5.41) is -0.496. The molecule has 0 aliphatic rings. The van der Waals surface area contributed by atoms with Gasteiger partial charge in [0.25, 0.3) is 5.78 Å². The number of alkyl halides is 6. The molecule has 1 N–H and O–H groups in total. The number of hydrogen-bond donors (Lipinski definition) is 1. The first-order chi connectivity index (χ1) is 9.55. The van der Waals surface area contributed by atoms with Crippen LogP contribution in [-0.2, 0) is 6.18 Å². The van der Waals surface area contributed by atoms with Crippen molar-refractivity contribution >= 4 is 16.7 Å². The second-order valence-corrected chi connectivity index (χ2v) is 4.11. The van der Waals surface area contributed by atoms with Gasteiger partial charge in [-0.2, -0.15) is 26.3 Å². The van der Waals surface area contributed by atoms with Crippen LogP contribution in [0.4, 0.5) is 26.3 Å². The predicted molar refractivity (Wildman–Crippen MR) is 60.2 cm³/mol. The number of carbonyl (C=O) groups excluding carboxylic acids is 1. The minimum absolute atomic E-state index is 0.0337. The Labute approximate surface area is 113 Å². The van der Waals surface area contributed by atoms with Crippen molar-refractivity contribution < 1.29 is 35.9 Å². The molecular weight excluding hydrogens is 304 g/mol. The minimum Gasteiger partial charge on any atom is -0.497 e. The second kappa shape index (κ2) is 4.68. The first-order valence-electron chi connectivity index (χ1n) is 5.44. The van der Waals surface area contributed by atoms with E-state index in [2.05, 4.69) is 0 Å². The van der Waals surface area contributed by atoms with Crippen molar-refractivity contribution in [2.75, 3.05) is 7.11 Å². The van der Waals surface area contributed by atoms with Crippen molar-refractivity contribution in [1.82, 2.24) is 4.98 Å². The highest BCUT2D eigenvalue weighted by Gasteiger charge is 2.47. The third-order valence-corrected chi connectivity index (χ3v) is 2.77. The van der Waals surface area contributed by atoms with Gasteiger partial charge in [-0.3, -0.25) is 4.79 Å². The smallest absolute Gasteiger partial charge is 0.454 e. The highest BCUT2D eigenvalue weighted by molar-refractivity contribution is 6.12. The zero-order chi connectivity index (χ0) is 16.0. The van der Waals surface area contributed by atoms with Gasteiger partial charge in [0, 0.05) is 10.9 Å². The molecule has 3 nitrogen and oxygen atoms in total. The number of Topliss-reactive ketones (excluding diaryl/α,β-unsaturated/α-hetero) is 1. The maximum Gasteiger partial charge on any atom is 0.454 e. The minimum atomic E-state index is -5.42. The Balaban J connectivity index is 2.82. The number of aromatic nitrogens is 1. The van der Waals surface area contributed by atoms with Crippen molar-refractivity contribution in [2.24, 2.45) is 0 Å². The summed E-state index contributed by atoms with van der Waals surface area (Å²) in [5.41, 5.74) is -3.42. The number of rotatable bonds is 2. The van der Waals surface area contributed by atoms with Crippen LogP contribution in [0.3, 0.4) is 0 Å². The van der Waals surface area contributed by atoms with Gasteiger partial charge < -0.3 is 9.72 Å². The zero-order valence-electron chi connectivity index (χ0n) is 10.3. The molecule has 0 spiro atoms. The van der Waals surface area contributed by atoms with Gasteiger partial charge in [0.05, 0.1) is 12.7 Å². The normalized spacial score (nSPS) is 12.7. The summed E-state index contributed by atoms with van der Waals surface area (Å²) in [7, 11) is 1.20. The number of fused-ring (bicyclic) bond motifs is 1. The highest BCUT2D eigenvalue weighted by Crippen LogP contribution is 2.39. The molecule has 0 radical (unpaired) electrons. The van der Waals surface area contributed by atoms with Crippen LogP contribution in [0.1, 0.15) is 16.1 Å². The number of halogens is 6. The van der Waals surface area contributed by atoms with Gasteiger partial charge in [-0.1, -0.05) is 0 Å². The van der Waals surface area contributed by atoms with E-state index in [1.165, 1.54) is 13.2 Å². The van der Waals surface area contributed by atoms with Crippen LogP contribution in [0.2, 0.25) is 0 Å². The molecule has 21 heavy (non-hydrogen) atoms. The maximum atomic E-state index is 12.8. The SMILES string of the molecule is COc1ccc2[nH]c(C(F)(F)F)c(C(=O)C(F)(F)F)c2c1. The van der Waals surface area contributed by atoms with E-state index in [9.17, 15) is 31.1 Å². The summed E-state index contributed by atoms with van der Waals surface area (Å²) in [5.74, 6) is -2.53. The summed E-state index contributed by atoms with van der Waals surface area (Å²) >= 11 is 0. The zero-order valence-corrected chi connectivity index (χ0v) is 10.3. The number of benzene rings is 1. The van der Waals surface area contributed by atoms with Crippen LogP contribution in [-0.4, -0.2) is 24.1 Å². The molecule has 114 valence electrons. The number of nitrogens with one attached hydrogen (secondary N) is 1. The fourth-order valence-electron chi connectivity index (χ4n) is 1.89. The van der Waals surface area contributed by atoms with Gasteiger partial charge in [-0.25, -0.2) is 0 Å². The topological polar surface area (TPSA) is 42.1 Å². The summed E-state index contributed by atoms with van der Waals surface area (Å²) in [6, 6.07) is 3.32. The molecule has 0 saturated carbocycles. The molecule has 0 saturated heterocycles. The number of aromatic amines is 1. The number of ether oxygens (including phenoxy) is 1. The lowest BCUT2D eigenvalue weighted by Crippen LogP contribution is -2.25. The molecule has 0 atom stereocenters. The Morgan fingerprint density at radius 2 is 1.76 bits per heavy atom. The van der Waals surface area contributed by atoms with Gasteiger partial charge in [-0.05, 0) is 18.2 Å². The lowest BCUT2D eigenvalue weighted by molar-refractivity contribution is -0.141. The Morgan fingerprint density at radius 3 is 2.24 bits per heavy atom. The van der Waals surface area contributed by atoms with Gasteiger partial charge in [-0.15, -0.1) is 0 Å². The molecule has 0 bridgehead atoms. The Morgan fingerprint density at radius 1 is 1.14 bits per heavy atom. The summed E-state index contributed by atoms with van der Waals surface area (Å²) in [4.78, 5) is 13.1. The lowest BCUT2D eigenvalue weighted by atomic mass is 10.1.